The molecule has 1 aliphatic carbocycles. The lowest BCUT2D eigenvalue weighted by molar-refractivity contribution is -0.115. The van der Waals surface area contributed by atoms with Crippen LogP contribution in [0.1, 0.15) is 48.7 Å². The van der Waals surface area contributed by atoms with E-state index in [2.05, 4.69) is 15.5 Å². The molecule has 4 rings (SSSR count). The Labute approximate surface area is 159 Å². The van der Waals surface area contributed by atoms with Gasteiger partial charge in [-0.25, -0.2) is 9.36 Å². The molecule has 2 heterocycles. The van der Waals surface area contributed by atoms with E-state index in [4.69, 9.17) is 0 Å². The fourth-order valence-electron chi connectivity index (χ4n) is 3.95. The molecule has 1 amide bonds. The summed E-state index contributed by atoms with van der Waals surface area (Å²) in [6.45, 7) is 3.97. The minimum atomic E-state index is -0.0337. The van der Waals surface area contributed by atoms with Gasteiger partial charge in [0.2, 0.25) is 5.91 Å². The SMILES string of the molecule is Cc1nn(-c2ccccc2)c(C)c1CC(=O)Nc1ccnn1C1CCCC1. The van der Waals surface area contributed by atoms with Crippen molar-refractivity contribution in [1.82, 2.24) is 19.6 Å². The zero-order valence-electron chi connectivity index (χ0n) is 15.9. The molecule has 0 aliphatic heterocycles. The van der Waals surface area contributed by atoms with Crippen LogP contribution in [-0.4, -0.2) is 25.5 Å². The molecule has 0 spiro atoms. The van der Waals surface area contributed by atoms with E-state index in [0.29, 0.717) is 12.5 Å². The number of amides is 1. The highest BCUT2D eigenvalue weighted by Crippen LogP contribution is 2.31. The van der Waals surface area contributed by atoms with Gasteiger partial charge < -0.3 is 5.32 Å². The second kappa shape index (κ2) is 7.39. The smallest absolute Gasteiger partial charge is 0.230 e. The minimum absolute atomic E-state index is 0.0337. The van der Waals surface area contributed by atoms with Crippen LogP contribution in [0.15, 0.2) is 42.6 Å². The molecule has 6 nitrogen and oxygen atoms in total. The summed E-state index contributed by atoms with van der Waals surface area (Å²) in [5.41, 5.74) is 3.86. The van der Waals surface area contributed by atoms with Crippen LogP contribution in [0.2, 0.25) is 0 Å². The molecule has 6 heteroatoms. The van der Waals surface area contributed by atoms with Crippen LogP contribution in [0.4, 0.5) is 5.82 Å². The van der Waals surface area contributed by atoms with E-state index >= 15 is 0 Å². The first-order valence-electron chi connectivity index (χ1n) is 9.57. The highest BCUT2D eigenvalue weighted by atomic mass is 16.1. The summed E-state index contributed by atoms with van der Waals surface area (Å²) in [5.74, 6) is 0.756. The van der Waals surface area contributed by atoms with E-state index in [9.17, 15) is 4.79 Å². The number of nitrogens with one attached hydrogen (secondary N) is 1. The zero-order valence-corrected chi connectivity index (χ0v) is 15.9. The van der Waals surface area contributed by atoms with Crippen molar-refractivity contribution in [3.63, 3.8) is 0 Å². The molecule has 27 heavy (non-hydrogen) atoms. The Bertz CT molecular complexity index is 935. The molecule has 1 aliphatic rings. The lowest BCUT2D eigenvalue weighted by Gasteiger charge is -2.14. The van der Waals surface area contributed by atoms with Crippen LogP contribution >= 0.6 is 0 Å². The topological polar surface area (TPSA) is 64.7 Å². The number of hydrogen-bond acceptors (Lipinski definition) is 3. The maximum Gasteiger partial charge on any atom is 0.230 e. The minimum Gasteiger partial charge on any atom is -0.311 e. The number of hydrogen-bond donors (Lipinski definition) is 1. The molecule has 0 saturated heterocycles. The molecule has 0 bridgehead atoms. The van der Waals surface area contributed by atoms with Crippen molar-refractivity contribution in [1.29, 1.82) is 0 Å². The van der Waals surface area contributed by atoms with Gasteiger partial charge in [-0.2, -0.15) is 10.2 Å². The zero-order chi connectivity index (χ0) is 18.8. The van der Waals surface area contributed by atoms with Gasteiger partial charge >= 0.3 is 0 Å². The van der Waals surface area contributed by atoms with Gasteiger partial charge in [-0.15, -0.1) is 0 Å². The van der Waals surface area contributed by atoms with Gasteiger partial charge in [-0.1, -0.05) is 31.0 Å². The van der Waals surface area contributed by atoms with Crippen molar-refractivity contribution < 1.29 is 4.79 Å². The third-order valence-corrected chi connectivity index (χ3v) is 5.39. The number of carbonyl (C=O) groups is 1. The van der Waals surface area contributed by atoms with Crippen molar-refractivity contribution in [3.05, 3.63) is 59.5 Å². The van der Waals surface area contributed by atoms with Crippen LogP contribution in [-0.2, 0) is 11.2 Å². The lowest BCUT2D eigenvalue weighted by Crippen LogP contribution is -2.19. The Morgan fingerprint density at radius 2 is 1.89 bits per heavy atom. The molecule has 1 N–H and O–H groups in total. The van der Waals surface area contributed by atoms with Crippen molar-refractivity contribution in [3.8, 4) is 5.69 Å². The van der Waals surface area contributed by atoms with Crippen molar-refractivity contribution in [2.24, 2.45) is 0 Å². The fourth-order valence-corrected chi connectivity index (χ4v) is 3.95. The van der Waals surface area contributed by atoms with E-state index in [1.165, 1.54) is 12.8 Å². The van der Waals surface area contributed by atoms with Crippen LogP contribution in [0.3, 0.4) is 0 Å². The molecule has 0 atom stereocenters. The van der Waals surface area contributed by atoms with Gasteiger partial charge in [0.15, 0.2) is 0 Å². The average Bonchev–Trinajstić information content (AvgIpc) is 3.40. The monoisotopic (exact) mass is 363 g/mol. The first-order chi connectivity index (χ1) is 13.1. The second-order valence-electron chi connectivity index (χ2n) is 7.22. The molecule has 2 aromatic heterocycles. The van der Waals surface area contributed by atoms with Gasteiger partial charge in [0.05, 0.1) is 30.0 Å². The number of nitrogens with zero attached hydrogens (tertiary/aromatic N) is 4. The van der Waals surface area contributed by atoms with Crippen molar-refractivity contribution in [2.45, 2.75) is 52.0 Å². The summed E-state index contributed by atoms with van der Waals surface area (Å²) in [7, 11) is 0. The molecule has 140 valence electrons. The molecular weight excluding hydrogens is 338 g/mol. The van der Waals surface area contributed by atoms with Gasteiger partial charge in [0.25, 0.3) is 0 Å². The quantitative estimate of drug-likeness (QED) is 0.746. The Hall–Kier alpha value is -2.89. The number of aryl methyl sites for hydroxylation is 1. The second-order valence-corrected chi connectivity index (χ2v) is 7.22. The number of aromatic nitrogens is 4. The van der Waals surface area contributed by atoms with E-state index in [0.717, 1.165) is 41.3 Å². The molecule has 1 aromatic carbocycles. The van der Waals surface area contributed by atoms with E-state index in [1.54, 1.807) is 6.20 Å². The number of anilines is 1. The molecular formula is C21H25N5O. The number of rotatable bonds is 5. The standard InChI is InChI=1S/C21H25N5O/c1-15-19(16(2)25(24-15)17-8-4-3-5-9-17)14-21(27)23-20-12-13-22-26(20)18-10-6-7-11-18/h3-5,8-9,12-13,18H,6-7,10-11,14H2,1-2H3,(H,23,27). The van der Waals surface area contributed by atoms with Crippen LogP contribution in [0.25, 0.3) is 5.69 Å². The summed E-state index contributed by atoms with van der Waals surface area (Å²) in [6, 6.07) is 12.3. The summed E-state index contributed by atoms with van der Waals surface area (Å²) in [6.07, 6.45) is 6.79. The summed E-state index contributed by atoms with van der Waals surface area (Å²) >= 11 is 0. The maximum absolute atomic E-state index is 12.7. The lowest BCUT2D eigenvalue weighted by atomic mass is 10.1. The average molecular weight is 363 g/mol. The van der Waals surface area contributed by atoms with Crippen LogP contribution in [0.5, 0.6) is 0 Å². The van der Waals surface area contributed by atoms with Crippen LogP contribution < -0.4 is 5.32 Å². The Balaban J connectivity index is 1.51. The van der Waals surface area contributed by atoms with E-state index in [-0.39, 0.29) is 5.91 Å². The Morgan fingerprint density at radius 3 is 2.63 bits per heavy atom. The third kappa shape index (κ3) is 3.52. The normalized spacial score (nSPS) is 14.6. The first-order valence-corrected chi connectivity index (χ1v) is 9.57. The fraction of sp³-hybridized carbons (Fsp3) is 0.381. The van der Waals surface area contributed by atoms with Gasteiger partial charge in [0, 0.05) is 17.3 Å². The number of carbonyl (C=O) groups excluding carboxylic acids is 1. The van der Waals surface area contributed by atoms with Gasteiger partial charge in [0.1, 0.15) is 5.82 Å². The van der Waals surface area contributed by atoms with Gasteiger partial charge in [-0.05, 0) is 38.8 Å². The summed E-state index contributed by atoms with van der Waals surface area (Å²) in [4.78, 5) is 12.7. The third-order valence-electron chi connectivity index (χ3n) is 5.39. The highest BCUT2D eigenvalue weighted by Gasteiger charge is 2.21. The first kappa shape index (κ1) is 17.5. The Morgan fingerprint density at radius 1 is 1.15 bits per heavy atom. The predicted molar refractivity (Wildman–Crippen MR) is 105 cm³/mol. The summed E-state index contributed by atoms with van der Waals surface area (Å²) < 4.78 is 3.87. The van der Waals surface area contributed by atoms with Crippen molar-refractivity contribution >= 4 is 11.7 Å². The maximum atomic E-state index is 12.7. The molecule has 1 saturated carbocycles. The Kier molecular flexibility index (Phi) is 4.79. The molecule has 0 unspecified atom stereocenters. The number of para-hydroxylation sites is 1. The largest absolute Gasteiger partial charge is 0.311 e. The van der Waals surface area contributed by atoms with Gasteiger partial charge in [-0.3, -0.25) is 4.79 Å². The number of benzene rings is 1. The van der Waals surface area contributed by atoms with E-state index < -0.39 is 0 Å². The van der Waals surface area contributed by atoms with Crippen LogP contribution in [0, 0.1) is 13.8 Å². The predicted octanol–water partition coefficient (Wildman–Crippen LogP) is 3.98. The molecule has 0 radical (unpaired) electrons. The van der Waals surface area contributed by atoms with Crippen molar-refractivity contribution in [2.75, 3.05) is 5.32 Å². The van der Waals surface area contributed by atoms with E-state index in [1.807, 2.05) is 59.6 Å². The molecule has 3 aromatic rings. The highest BCUT2D eigenvalue weighted by molar-refractivity contribution is 5.91. The molecule has 1 fully saturated rings. The summed E-state index contributed by atoms with van der Waals surface area (Å²) in [5, 5.41) is 12.1.